The first-order valence-electron chi connectivity index (χ1n) is 13.0. The van der Waals surface area contributed by atoms with Crippen LogP contribution in [0.1, 0.15) is 46.8 Å². The molecule has 1 atom stereocenters. The summed E-state index contributed by atoms with van der Waals surface area (Å²) in [6.45, 7) is 7.57. The van der Waals surface area contributed by atoms with Gasteiger partial charge in [-0.3, -0.25) is 14.5 Å². The highest BCUT2D eigenvalue weighted by Crippen LogP contribution is 2.42. The molecule has 5 nitrogen and oxygen atoms in total. The summed E-state index contributed by atoms with van der Waals surface area (Å²) in [5.41, 5.74) is 4.75. The molecule has 0 spiro atoms. The summed E-state index contributed by atoms with van der Waals surface area (Å²) in [5, 5.41) is 3.10. The Kier molecular flexibility index (Phi) is 7.77. The Morgan fingerprint density at radius 3 is 2.68 bits per heavy atom. The number of carbonyl (C=O) groups is 2. The van der Waals surface area contributed by atoms with Gasteiger partial charge in [-0.25, -0.2) is 0 Å². The first-order chi connectivity index (χ1) is 18.0. The lowest BCUT2D eigenvalue weighted by atomic mass is 10.1. The number of likely N-dealkylation sites (tertiary alicyclic amines) is 1. The number of nitrogens with zero attached hydrogens (tertiary/aromatic N) is 2. The summed E-state index contributed by atoms with van der Waals surface area (Å²) in [4.78, 5) is 32.3. The van der Waals surface area contributed by atoms with Crippen molar-refractivity contribution in [3.63, 3.8) is 0 Å². The quantitative estimate of drug-likeness (QED) is 0.402. The zero-order chi connectivity index (χ0) is 25.8. The minimum absolute atomic E-state index is 0.0101. The number of nitrogens with one attached hydrogen (secondary N) is 1. The van der Waals surface area contributed by atoms with Gasteiger partial charge in [-0.05, 0) is 74.3 Å². The predicted molar refractivity (Wildman–Crippen MR) is 152 cm³/mol. The summed E-state index contributed by atoms with van der Waals surface area (Å²) in [5.74, 6) is -0.0624. The first kappa shape index (κ1) is 25.3. The Morgan fingerprint density at radius 1 is 1.08 bits per heavy atom. The van der Waals surface area contributed by atoms with E-state index in [4.69, 9.17) is 0 Å². The minimum atomic E-state index is -0.0523. The van der Waals surface area contributed by atoms with Crippen molar-refractivity contribution in [3.8, 4) is 0 Å². The molecule has 0 bridgehead atoms. The number of amides is 2. The average molecular weight is 512 g/mol. The summed E-state index contributed by atoms with van der Waals surface area (Å²) < 4.78 is 0. The van der Waals surface area contributed by atoms with Gasteiger partial charge in [-0.1, -0.05) is 72.8 Å². The molecule has 2 aliphatic rings. The molecule has 1 saturated heterocycles. The van der Waals surface area contributed by atoms with Crippen LogP contribution < -0.4 is 10.2 Å². The van der Waals surface area contributed by atoms with Crippen LogP contribution in [0.25, 0.3) is 6.08 Å². The van der Waals surface area contributed by atoms with Gasteiger partial charge in [0.15, 0.2) is 0 Å². The number of hydrogen-bond acceptors (Lipinski definition) is 4. The van der Waals surface area contributed by atoms with Crippen LogP contribution in [0.3, 0.4) is 0 Å². The second-order valence-electron chi connectivity index (χ2n) is 9.72. The van der Waals surface area contributed by atoms with Crippen LogP contribution in [-0.4, -0.2) is 42.4 Å². The molecule has 0 saturated carbocycles. The lowest BCUT2D eigenvalue weighted by molar-refractivity contribution is -0.114. The van der Waals surface area contributed by atoms with E-state index < -0.39 is 0 Å². The zero-order valence-corrected chi connectivity index (χ0v) is 22.3. The maximum Gasteiger partial charge on any atom is 0.265 e. The number of aryl methyl sites for hydroxylation is 1. The summed E-state index contributed by atoms with van der Waals surface area (Å²) in [6, 6.07) is 24.2. The van der Waals surface area contributed by atoms with Crippen LogP contribution >= 0.6 is 11.8 Å². The molecule has 2 amide bonds. The highest BCUT2D eigenvalue weighted by Gasteiger charge is 2.29. The third kappa shape index (κ3) is 5.81. The molecule has 2 aliphatic heterocycles. The average Bonchev–Trinajstić information content (AvgIpc) is 3.38. The van der Waals surface area contributed by atoms with E-state index in [0.717, 1.165) is 41.2 Å². The Balaban J connectivity index is 1.31. The van der Waals surface area contributed by atoms with Gasteiger partial charge >= 0.3 is 0 Å². The lowest BCUT2D eigenvalue weighted by Gasteiger charge is -2.30. The third-order valence-electron chi connectivity index (χ3n) is 7.13. The number of anilines is 1. The first-order valence-corrected chi connectivity index (χ1v) is 13.8. The van der Waals surface area contributed by atoms with Gasteiger partial charge < -0.3 is 10.2 Å². The van der Waals surface area contributed by atoms with Crippen molar-refractivity contribution in [2.75, 3.05) is 24.5 Å². The van der Waals surface area contributed by atoms with Crippen LogP contribution in [0.2, 0.25) is 0 Å². The third-order valence-corrected chi connectivity index (χ3v) is 8.21. The van der Waals surface area contributed by atoms with Crippen LogP contribution in [0.15, 0.2) is 82.6 Å². The normalized spacial score (nSPS) is 18.8. The number of para-hydroxylation sites is 1. The molecule has 3 aromatic rings. The Labute approximate surface area is 223 Å². The molecule has 0 aromatic heterocycles. The van der Waals surface area contributed by atoms with Crippen molar-refractivity contribution in [1.29, 1.82) is 0 Å². The number of rotatable bonds is 7. The second kappa shape index (κ2) is 11.4. The van der Waals surface area contributed by atoms with E-state index in [1.165, 1.54) is 23.7 Å². The van der Waals surface area contributed by atoms with Crippen LogP contribution in [0.4, 0.5) is 5.69 Å². The molecule has 37 heavy (non-hydrogen) atoms. The van der Waals surface area contributed by atoms with Crippen molar-refractivity contribution in [1.82, 2.24) is 10.2 Å². The number of thioether (sulfide) groups is 1. The standard InChI is InChI=1S/C31H33N3O2S/c1-3-33-17-7-10-26(33)20-32-30(35)25-15-13-23(14-16-25)19-29-31(36)34(21-24-9-6-8-22(2)18-24)27-11-4-5-12-28(27)37-29/h4-6,8-9,11-16,18-19,26H,3,7,10,17,20-21H2,1-2H3,(H,32,35). The fraction of sp³-hybridized carbons (Fsp3) is 0.290. The SMILES string of the molecule is CCN1CCCC1CNC(=O)c1ccc(C=C2Sc3ccccc3N(Cc3cccc(C)c3)C2=O)cc1. The molecule has 6 heteroatoms. The monoisotopic (exact) mass is 511 g/mol. The molecule has 2 heterocycles. The van der Waals surface area contributed by atoms with Crippen LogP contribution in [0.5, 0.6) is 0 Å². The number of likely N-dealkylation sites (N-methyl/N-ethyl adjacent to an activating group) is 1. The van der Waals surface area contributed by atoms with Gasteiger partial charge in [0.25, 0.3) is 11.8 Å². The number of fused-ring (bicyclic) bond motifs is 1. The fourth-order valence-electron chi connectivity index (χ4n) is 5.15. The zero-order valence-electron chi connectivity index (χ0n) is 21.4. The van der Waals surface area contributed by atoms with E-state index in [1.807, 2.05) is 59.5 Å². The van der Waals surface area contributed by atoms with Gasteiger partial charge in [0, 0.05) is 23.0 Å². The summed E-state index contributed by atoms with van der Waals surface area (Å²) >= 11 is 1.50. The summed E-state index contributed by atoms with van der Waals surface area (Å²) in [7, 11) is 0. The second-order valence-corrected chi connectivity index (χ2v) is 10.8. The van der Waals surface area contributed by atoms with E-state index in [0.29, 0.717) is 29.6 Å². The molecule has 1 N–H and O–H groups in total. The Hall–Kier alpha value is -3.35. The largest absolute Gasteiger partial charge is 0.350 e. The number of hydrogen-bond donors (Lipinski definition) is 1. The smallest absolute Gasteiger partial charge is 0.265 e. The van der Waals surface area contributed by atoms with Crippen LogP contribution in [-0.2, 0) is 11.3 Å². The van der Waals surface area contributed by atoms with Crippen molar-refractivity contribution < 1.29 is 9.59 Å². The van der Waals surface area contributed by atoms with E-state index in [-0.39, 0.29) is 11.8 Å². The molecule has 190 valence electrons. The molecule has 0 aliphatic carbocycles. The molecule has 5 rings (SSSR count). The topological polar surface area (TPSA) is 52.7 Å². The number of benzene rings is 3. The molecule has 0 radical (unpaired) electrons. The number of carbonyl (C=O) groups excluding carboxylic acids is 2. The van der Waals surface area contributed by atoms with Gasteiger partial charge in [0.05, 0.1) is 17.1 Å². The van der Waals surface area contributed by atoms with Gasteiger partial charge in [0.2, 0.25) is 0 Å². The highest BCUT2D eigenvalue weighted by molar-refractivity contribution is 8.04. The highest BCUT2D eigenvalue weighted by atomic mass is 32.2. The van der Waals surface area contributed by atoms with Crippen molar-refractivity contribution in [3.05, 3.63) is 100.0 Å². The maximum absolute atomic E-state index is 13.6. The Bertz CT molecular complexity index is 1320. The van der Waals surface area contributed by atoms with E-state index in [9.17, 15) is 9.59 Å². The minimum Gasteiger partial charge on any atom is -0.350 e. The molecule has 1 fully saturated rings. The van der Waals surface area contributed by atoms with Crippen molar-refractivity contribution >= 4 is 35.3 Å². The Morgan fingerprint density at radius 2 is 1.89 bits per heavy atom. The molecular formula is C31H33N3O2S. The van der Waals surface area contributed by atoms with Gasteiger partial charge in [0.1, 0.15) is 0 Å². The van der Waals surface area contributed by atoms with Crippen molar-refractivity contribution in [2.45, 2.75) is 44.2 Å². The molecule has 1 unspecified atom stereocenters. The molecule has 3 aromatic carbocycles. The van der Waals surface area contributed by atoms with E-state index in [1.54, 1.807) is 0 Å². The summed E-state index contributed by atoms with van der Waals surface area (Å²) in [6.07, 6.45) is 4.25. The predicted octanol–water partition coefficient (Wildman–Crippen LogP) is 5.89. The maximum atomic E-state index is 13.6. The molecular weight excluding hydrogens is 478 g/mol. The van der Waals surface area contributed by atoms with E-state index >= 15 is 0 Å². The van der Waals surface area contributed by atoms with E-state index in [2.05, 4.69) is 48.3 Å². The van der Waals surface area contributed by atoms with Crippen LogP contribution in [0, 0.1) is 6.92 Å². The van der Waals surface area contributed by atoms with Gasteiger partial charge in [-0.15, -0.1) is 0 Å². The lowest BCUT2D eigenvalue weighted by Crippen LogP contribution is -2.40. The van der Waals surface area contributed by atoms with Crippen molar-refractivity contribution in [2.24, 2.45) is 0 Å². The fourth-order valence-corrected chi connectivity index (χ4v) is 6.21. The van der Waals surface area contributed by atoms with Gasteiger partial charge in [-0.2, -0.15) is 0 Å².